The van der Waals surface area contributed by atoms with Gasteiger partial charge in [-0.15, -0.1) is 0 Å². The first-order chi connectivity index (χ1) is 17.6. The molecule has 1 unspecified atom stereocenters. The van der Waals surface area contributed by atoms with Crippen molar-refractivity contribution in [3.63, 3.8) is 0 Å². The Kier molecular flexibility index (Phi) is 6.09. The molecule has 36 heavy (non-hydrogen) atoms. The molecule has 6 rings (SSSR count). The van der Waals surface area contributed by atoms with Gasteiger partial charge in [0.05, 0.1) is 42.8 Å². The summed E-state index contributed by atoms with van der Waals surface area (Å²) in [4.78, 5) is 34.1. The van der Waals surface area contributed by atoms with E-state index in [1.807, 2.05) is 4.90 Å². The minimum atomic E-state index is -2.82. The molecule has 0 bridgehead atoms. The second kappa shape index (κ2) is 9.54. The lowest BCUT2D eigenvalue weighted by atomic mass is 10.0. The van der Waals surface area contributed by atoms with E-state index in [1.54, 1.807) is 29.2 Å². The minimum Gasteiger partial charge on any atom is -0.381 e. The summed E-state index contributed by atoms with van der Waals surface area (Å²) < 4.78 is 40.0. The molecule has 3 aliphatic rings. The van der Waals surface area contributed by atoms with E-state index in [9.17, 15) is 13.6 Å². The van der Waals surface area contributed by atoms with Crippen LogP contribution in [0.3, 0.4) is 0 Å². The summed E-state index contributed by atoms with van der Waals surface area (Å²) in [5.74, 6) is 0.293. The van der Waals surface area contributed by atoms with Crippen molar-refractivity contribution >= 4 is 28.8 Å². The summed E-state index contributed by atoms with van der Waals surface area (Å²) in [5.41, 5.74) is 0.914. The fourth-order valence-electron chi connectivity index (χ4n) is 4.74. The number of benzene rings is 1. The van der Waals surface area contributed by atoms with E-state index < -0.39 is 12.2 Å². The van der Waals surface area contributed by atoms with Gasteiger partial charge in [-0.25, -0.2) is 13.8 Å². The van der Waals surface area contributed by atoms with Crippen molar-refractivity contribution in [1.82, 2.24) is 29.4 Å². The molecule has 1 amide bonds. The SMILES string of the molecule is O=C(C1CCOC1)N1CC(Nc2nc(N3CCOCC3)nc(-n3c(C(F)F)nc4ccccc43)n2)C1. The number of hydrogen-bond donors (Lipinski definition) is 1. The van der Waals surface area contributed by atoms with E-state index in [2.05, 4.69) is 25.3 Å². The van der Waals surface area contributed by atoms with Crippen LogP contribution in [0.4, 0.5) is 20.7 Å². The highest BCUT2D eigenvalue weighted by Crippen LogP contribution is 2.28. The molecule has 190 valence electrons. The summed E-state index contributed by atoms with van der Waals surface area (Å²) in [5, 5.41) is 3.27. The highest BCUT2D eigenvalue weighted by Gasteiger charge is 2.36. The maximum Gasteiger partial charge on any atom is 0.296 e. The Morgan fingerprint density at radius 2 is 1.78 bits per heavy atom. The third-order valence-corrected chi connectivity index (χ3v) is 6.69. The number of halogens is 2. The van der Waals surface area contributed by atoms with Crippen LogP contribution in [-0.2, 0) is 14.3 Å². The lowest BCUT2D eigenvalue weighted by Gasteiger charge is -2.40. The molecule has 3 fully saturated rings. The summed E-state index contributed by atoms with van der Waals surface area (Å²) in [6.45, 7) is 4.30. The first kappa shape index (κ1) is 23.0. The van der Waals surface area contributed by atoms with Crippen LogP contribution < -0.4 is 10.2 Å². The molecule has 0 aliphatic carbocycles. The molecule has 5 heterocycles. The maximum absolute atomic E-state index is 14.0. The van der Waals surface area contributed by atoms with Gasteiger partial charge in [-0.2, -0.15) is 15.0 Å². The molecule has 1 atom stereocenters. The zero-order chi connectivity index (χ0) is 24.6. The van der Waals surface area contributed by atoms with Crippen molar-refractivity contribution in [2.24, 2.45) is 5.92 Å². The molecule has 0 saturated carbocycles. The number of aromatic nitrogens is 5. The fourth-order valence-corrected chi connectivity index (χ4v) is 4.74. The van der Waals surface area contributed by atoms with Crippen molar-refractivity contribution in [2.45, 2.75) is 18.9 Å². The third-order valence-electron chi connectivity index (χ3n) is 6.69. The molecule has 3 aromatic rings. The maximum atomic E-state index is 14.0. The topological polar surface area (TPSA) is 111 Å². The second-order valence-corrected chi connectivity index (χ2v) is 9.10. The van der Waals surface area contributed by atoms with Gasteiger partial charge in [-0.3, -0.25) is 9.36 Å². The quantitative estimate of drug-likeness (QED) is 0.540. The van der Waals surface area contributed by atoms with Gasteiger partial charge in [0.15, 0.2) is 5.82 Å². The molecule has 11 nitrogen and oxygen atoms in total. The van der Waals surface area contributed by atoms with Gasteiger partial charge in [-0.05, 0) is 18.6 Å². The molecule has 0 radical (unpaired) electrons. The van der Waals surface area contributed by atoms with Gasteiger partial charge in [0.25, 0.3) is 6.43 Å². The number of morpholine rings is 1. The normalized spacial score (nSPS) is 20.8. The minimum absolute atomic E-state index is 0.0573. The van der Waals surface area contributed by atoms with Gasteiger partial charge in [0.2, 0.25) is 23.8 Å². The van der Waals surface area contributed by atoms with Crippen molar-refractivity contribution in [3.8, 4) is 5.95 Å². The second-order valence-electron chi connectivity index (χ2n) is 9.10. The lowest BCUT2D eigenvalue weighted by molar-refractivity contribution is -0.139. The number of amides is 1. The van der Waals surface area contributed by atoms with E-state index >= 15 is 0 Å². The van der Waals surface area contributed by atoms with Crippen molar-refractivity contribution in [1.29, 1.82) is 0 Å². The number of fused-ring (bicyclic) bond motifs is 1. The Morgan fingerprint density at radius 1 is 1.00 bits per heavy atom. The number of imidazole rings is 1. The van der Waals surface area contributed by atoms with Crippen LogP contribution in [0.5, 0.6) is 0 Å². The Morgan fingerprint density at radius 3 is 2.53 bits per heavy atom. The fraction of sp³-hybridized carbons (Fsp3) is 0.522. The van der Waals surface area contributed by atoms with Gasteiger partial charge in [0, 0.05) is 32.8 Å². The van der Waals surface area contributed by atoms with Gasteiger partial charge in [-0.1, -0.05) is 12.1 Å². The van der Waals surface area contributed by atoms with E-state index in [4.69, 9.17) is 9.47 Å². The molecule has 2 aromatic heterocycles. The van der Waals surface area contributed by atoms with Crippen LogP contribution in [0.25, 0.3) is 17.0 Å². The van der Waals surface area contributed by atoms with E-state index in [-0.39, 0.29) is 29.8 Å². The molecular formula is C23H26F2N8O3. The number of carbonyl (C=O) groups is 1. The number of ether oxygens (including phenoxy) is 2. The number of nitrogens with one attached hydrogen (secondary N) is 1. The van der Waals surface area contributed by atoms with Crippen molar-refractivity contribution in [3.05, 3.63) is 30.1 Å². The molecule has 13 heteroatoms. The van der Waals surface area contributed by atoms with Crippen LogP contribution in [0, 0.1) is 5.92 Å². The lowest BCUT2D eigenvalue weighted by Crippen LogP contribution is -2.58. The van der Waals surface area contributed by atoms with Crippen molar-refractivity contribution in [2.75, 3.05) is 62.8 Å². The largest absolute Gasteiger partial charge is 0.381 e. The van der Waals surface area contributed by atoms with Gasteiger partial charge in [0.1, 0.15) is 0 Å². The first-order valence-electron chi connectivity index (χ1n) is 12.0. The molecule has 3 aliphatic heterocycles. The zero-order valence-electron chi connectivity index (χ0n) is 19.5. The predicted molar refractivity (Wildman–Crippen MR) is 125 cm³/mol. The summed E-state index contributed by atoms with van der Waals surface area (Å²) >= 11 is 0. The average Bonchev–Trinajstić information content (AvgIpc) is 3.54. The molecule has 1 N–H and O–H groups in total. The number of nitrogens with zero attached hydrogens (tertiary/aromatic N) is 7. The number of hydrogen-bond acceptors (Lipinski definition) is 9. The molecule has 3 saturated heterocycles. The van der Waals surface area contributed by atoms with Crippen LogP contribution in [-0.4, -0.2) is 94.0 Å². The highest BCUT2D eigenvalue weighted by atomic mass is 19.3. The predicted octanol–water partition coefficient (Wildman–Crippen LogP) is 1.64. The Labute approximate surface area is 205 Å². The monoisotopic (exact) mass is 500 g/mol. The Balaban J connectivity index is 1.31. The molecular weight excluding hydrogens is 474 g/mol. The van der Waals surface area contributed by atoms with E-state index in [1.165, 1.54) is 4.57 Å². The zero-order valence-corrected chi connectivity index (χ0v) is 19.5. The number of carbonyl (C=O) groups excluding carboxylic acids is 1. The third kappa shape index (κ3) is 4.32. The Hall–Kier alpha value is -3.45. The summed E-state index contributed by atoms with van der Waals surface area (Å²) in [6, 6.07) is 6.83. The van der Waals surface area contributed by atoms with Crippen molar-refractivity contribution < 1.29 is 23.0 Å². The molecule has 0 spiro atoms. The molecule has 1 aromatic carbocycles. The van der Waals surface area contributed by atoms with Crippen LogP contribution in [0.1, 0.15) is 18.7 Å². The number of alkyl halides is 2. The van der Waals surface area contributed by atoms with E-state index in [0.717, 1.165) is 6.42 Å². The van der Waals surface area contributed by atoms with Gasteiger partial charge < -0.3 is 24.6 Å². The van der Waals surface area contributed by atoms with Crippen LogP contribution in [0.2, 0.25) is 0 Å². The number of anilines is 2. The summed E-state index contributed by atoms with van der Waals surface area (Å²) in [6.07, 6.45) is -2.07. The highest BCUT2D eigenvalue weighted by molar-refractivity contribution is 5.80. The first-order valence-corrected chi connectivity index (χ1v) is 12.0. The number of likely N-dealkylation sites (tertiary alicyclic amines) is 1. The number of rotatable bonds is 6. The average molecular weight is 501 g/mol. The Bertz CT molecular complexity index is 1250. The van der Waals surface area contributed by atoms with E-state index in [0.29, 0.717) is 69.6 Å². The summed E-state index contributed by atoms with van der Waals surface area (Å²) in [7, 11) is 0. The smallest absolute Gasteiger partial charge is 0.296 e. The van der Waals surface area contributed by atoms with Crippen LogP contribution >= 0.6 is 0 Å². The number of para-hydroxylation sites is 2. The standard InChI is InChI=1S/C23H26F2N8O3/c24-18(25)19-27-16-3-1-2-4-17(16)33(19)23-29-21(28-22(30-23)31-6-9-35-10-7-31)26-15-11-32(12-15)20(34)14-5-8-36-13-14/h1-4,14-15,18H,5-13H2,(H,26,28,29,30). The van der Waals surface area contributed by atoms with Crippen LogP contribution in [0.15, 0.2) is 24.3 Å². The van der Waals surface area contributed by atoms with Gasteiger partial charge >= 0.3 is 0 Å².